The predicted molar refractivity (Wildman–Crippen MR) is 62.2 cm³/mol. The summed E-state index contributed by atoms with van der Waals surface area (Å²) in [6.45, 7) is 0.0865. The highest BCUT2D eigenvalue weighted by molar-refractivity contribution is 5.94. The molecule has 0 aromatic heterocycles. The van der Waals surface area contributed by atoms with Crippen molar-refractivity contribution in [1.29, 1.82) is 0 Å². The molecular formula is C10H13N3O4. The maximum atomic E-state index is 11.3. The first-order chi connectivity index (χ1) is 8.08. The van der Waals surface area contributed by atoms with E-state index in [4.69, 9.17) is 4.74 Å². The number of ether oxygens (including phenoxy) is 1. The van der Waals surface area contributed by atoms with Crippen molar-refractivity contribution in [1.82, 2.24) is 5.32 Å². The maximum absolute atomic E-state index is 11.3. The number of hydrogen-bond donors (Lipinski definition) is 2. The molecule has 2 N–H and O–H groups in total. The van der Waals surface area contributed by atoms with Crippen molar-refractivity contribution in [2.75, 3.05) is 26.0 Å². The van der Waals surface area contributed by atoms with Crippen LogP contribution in [-0.4, -0.2) is 31.5 Å². The van der Waals surface area contributed by atoms with Gasteiger partial charge in [-0.25, -0.2) is 0 Å². The number of nitro benzene ring substituents is 1. The summed E-state index contributed by atoms with van der Waals surface area (Å²) in [7, 11) is 3.03. The predicted octanol–water partition coefficient (Wildman–Crippen LogP) is 0.761. The number of nitro groups is 1. The second kappa shape index (κ2) is 5.80. The van der Waals surface area contributed by atoms with Crippen molar-refractivity contribution in [2.24, 2.45) is 0 Å². The van der Waals surface area contributed by atoms with Gasteiger partial charge in [0.1, 0.15) is 11.4 Å². The number of carbonyl (C=O) groups excluding carboxylic acids is 1. The Kier molecular flexibility index (Phi) is 4.41. The zero-order chi connectivity index (χ0) is 12.8. The summed E-state index contributed by atoms with van der Waals surface area (Å²) in [6.07, 6.45) is 0. The normalized spacial score (nSPS) is 9.76. The fourth-order valence-electron chi connectivity index (χ4n) is 1.25. The van der Waals surface area contributed by atoms with Gasteiger partial charge in [0, 0.05) is 0 Å². The van der Waals surface area contributed by atoms with Crippen LogP contribution in [0.1, 0.15) is 0 Å². The van der Waals surface area contributed by atoms with E-state index in [1.807, 2.05) is 0 Å². The zero-order valence-corrected chi connectivity index (χ0v) is 9.52. The second-order valence-electron chi connectivity index (χ2n) is 3.22. The van der Waals surface area contributed by atoms with E-state index in [1.165, 1.54) is 19.2 Å². The van der Waals surface area contributed by atoms with Crippen LogP contribution in [0.5, 0.6) is 5.75 Å². The van der Waals surface area contributed by atoms with Crippen molar-refractivity contribution in [3.63, 3.8) is 0 Å². The lowest BCUT2D eigenvalue weighted by atomic mass is 10.2. The Morgan fingerprint density at radius 3 is 2.76 bits per heavy atom. The molecule has 0 saturated carbocycles. The molecule has 92 valence electrons. The van der Waals surface area contributed by atoms with Gasteiger partial charge in [-0.1, -0.05) is 0 Å². The SMILES string of the molecule is CNCC(=O)Nc1ccc(OC)cc1[N+](=O)[O-]. The Hall–Kier alpha value is -2.15. The molecule has 7 heteroatoms. The maximum Gasteiger partial charge on any atom is 0.296 e. The quantitative estimate of drug-likeness (QED) is 0.584. The van der Waals surface area contributed by atoms with E-state index in [1.54, 1.807) is 13.1 Å². The minimum Gasteiger partial charge on any atom is -0.496 e. The van der Waals surface area contributed by atoms with E-state index >= 15 is 0 Å². The lowest BCUT2D eigenvalue weighted by Gasteiger charge is -2.07. The fourth-order valence-corrected chi connectivity index (χ4v) is 1.25. The van der Waals surface area contributed by atoms with Crippen molar-refractivity contribution >= 4 is 17.3 Å². The molecule has 0 spiro atoms. The van der Waals surface area contributed by atoms with Crippen LogP contribution in [0.25, 0.3) is 0 Å². The highest BCUT2D eigenvalue weighted by atomic mass is 16.6. The molecule has 0 bridgehead atoms. The molecule has 7 nitrogen and oxygen atoms in total. The van der Waals surface area contributed by atoms with Crippen molar-refractivity contribution < 1.29 is 14.5 Å². The monoisotopic (exact) mass is 239 g/mol. The van der Waals surface area contributed by atoms with Crippen LogP contribution in [0.4, 0.5) is 11.4 Å². The van der Waals surface area contributed by atoms with Gasteiger partial charge in [0.2, 0.25) is 5.91 Å². The number of methoxy groups -OCH3 is 1. The third-order valence-electron chi connectivity index (χ3n) is 2.01. The smallest absolute Gasteiger partial charge is 0.296 e. The van der Waals surface area contributed by atoms with Gasteiger partial charge in [-0.15, -0.1) is 0 Å². The van der Waals surface area contributed by atoms with Gasteiger partial charge in [0.25, 0.3) is 5.69 Å². The minimum absolute atomic E-state index is 0.0865. The number of nitrogens with zero attached hydrogens (tertiary/aromatic N) is 1. The summed E-state index contributed by atoms with van der Waals surface area (Å²) in [4.78, 5) is 21.6. The van der Waals surface area contributed by atoms with Crippen LogP contribution in [0.2, 0.25) is 0 Å². The van der Waals surface area contributed by atoms with E-state index in [-0.39, 0.29) is 23.8 Å². The third-order valence-corrected chi connectivity index (χ3v) is 2.01. The number of amides is 1. The molecule has 0 atom stereocenters. The average molecular weight is 239 g/mol. The topological polar surface area (TPSA) is 93.5 Å². The summed E-state index contributed by atoms with van der Waals surface area (Å²) in [6, 6.07) is 4.24. The molecule has 0 radical (unpaired) electrons. The van der Waals surface area contributed by atoms with E-state index < -0.39 is 4.92 Å². The number of benzene rings is 1. The Labute approximate surface area is 97.9 Å². The third kappa shape index (κ3) is 3.42. The van der Waals surface area contributed by atoms with Crippen LogP contribution < -0.4 is 15.4 Å². The van der Waals surface area contributed by atoms with Gasteiger partial charge < -0.3 is 15.4 Å². The van der Waals surface area contributed by atoms with Gasteiger partial charge in [-0.2, -0.15) is 0 Å². The van der Waals surface area contributed by atoms with Crippen molar-refractivity contribution in [3.05, 3.63) is 28.3 Å². The number of rotatable bonds is 5. The van der Waals surface area contributed by atoms with E-state index in [0.717, 1.165) is 0 Å². The number of nitrogens with one attached hydrogen (secondary N) is 2. The lowest BCUT2D eigenvalue weighted by Crippen LogP contribution is -2.25. The number of likely N-dealkylation sites (N-methyl/N-ethyl adjacent to an activating group) is 1. The Bertz CT molecular complexity index is 434. The minimum atomic E-state index is -0.572. The standard InChI is InChI=1S/C10H13N3O4/c1-11-6-10(14)12-8-4-3-7(17-2)5-9(8)13(15)16/h3-5,11H,6H2,1-2H3,(H,12,14). The van der Waals surface area contributed by atoms with Crippen molar-refractivity contribution in [2.45, 2.75) is 0 Å². The van der Waals surface area contributed by atoms with E-state index in [2.05, 4.69) is 10.6 Å². The summed E-state index contributed by atoms with van der Waals surface area (Å²) in [5.41, 5.74) is -0.0511. The van der Waals surface area contributed by atoms with Crippen LogP contribution in [-0.2, 0) is 4.79 Å². The van der Waals surface area contributed by atoms with Crippen LogP contribution >= 0.6 is 0 Å². The molecule has 0 aliphatic heterocycles. The molecule has 0 fully saturated rings. The van der Waals surface area contributed by atoms with E-state index in [9.17, 15) is 14.9 Å². The zero-order valence-electron chi connectivity index (χ0n) is 9.52. The van der Waals surface area contributed by atoms with Gasteiger partial charge in [0.15, 0.2) is 0 Å². The Morgan fingerprint density at radius 1 is 1.53 bits per heavy atom. The van der Waals surface area contributed by atoms with Crippen molar-refractivity contribution in [3.8, 4) is 5.75 Å². The molecular weight excluding hydrogens is 226 g/mol. The van der Waals surface area contributed by atoms with Crippen LogP contribution in [0.3, 0.4) is 0 Å². The summed E-state index contributed by atoms with van der Waals surface area (Å²) in [5.74, 6) is 0.0177. The van der Waals surface area contributed by atoms with Crippen LogP contribution in [0, 0.1) is 10.1 Å². The number of anilines is 1. The van der Waals surface area contributed by atoms with E-state index in [0.29, 0.717) is 5.75 Å². The molecule has 1 aromatic carbocycles. The molecule has 0 aliphatic carbocycles. The van der Waals surface area contributed by atoms with Gasteiger partial charge in [-0.05, 0) is 19.2 Å². The van der Waals surface area contributed by atoms with Crippen LogP contribution in [0.15, 0.2) is 18.2 Å². The molecule has 1 aromatic rings. The first kappa shape index (κ1) is 12.9. The molecule has 0 heterocycles. The van der Waals surface area contributed by atoms with Gasteiger partial charge in [0.05, 0.1) is 24.6 Å². The summed E-state index contributed by atoms with van der Waals surface area (Å²) < 4.78 is 4.88. The molecule has 0 saturated heterocycles. The average Bonchev–Trinajstić information content (AvgIpc) is 2.29. The fraction of sp³-hybridized carbons (Fsp3) is 0.300. The molecule has 0 unspecified atom stereocenters. The van der Waals surface area contributed by atoms with Gasteiger partial charge in [-0.3, -0.25) is 14.9 Å². The largest absolute Gasteiger partial charge is 0.496 e. The second-order valence-corrected chi connectivity index (χ2v) is 3.22. The highest BCUT2D eigenvalue weighted by Crippen LogP contribution is 2.28. The first-order valence-electron chi connectivity index (χ1n) is 4.85. The number of hydrogen-bond acceptors (Lipinski definition) is 5. The lowest BCUT2D eigenvalue weighted by molar-refractivity contribution is -0.384. The van der Waals surface area contributed by atoms with Gasteiger partial charge >= 0.3 is 0 Å². The molecule has 1 amide bonds. The Morgan fingerprint density at radius 2 is 2.24 bits per heavy atom. The molecule has 17 heavy (non-hydrogen) atoms. The number of carbonyl (C=O) groups is 1. The highest BCUT2D eigenvalue weighted by Gasteiger charge is 2.16. The summed E-state index contributed by atoms with van der Waals surface area (Å²) >= 11 is 0. The molecule has 0 aliphatic rings. The summed E-state index contributed by atoms with van der Waals surface area (Å²) in [5, 5.41) is 15.9. The first-order valence-corrected chi connectivity index (χ1v) is 4.85. The Balaban J connectivity index is 2.98. The molecule has 1 rings (SSSR count).